The molecule has 1 rings (SSSR count). The van der Waals surface area contributed by atoms with Crippen molar-refractivity contribution in [3.8, 4) is 0 Å². The van der Waals surface area contributed by atoms with Crippen molar-refractivity contribution in [3.63, 3.8) is 0 Å². The van der Waals surface area contributed by atoms with Crippen LogP contribution >= 0.6 is 11.3 Å². The number of hydrogen-bond donors (Lipinski definition) is 1. The molecule has 0 aromatic carbocycles. The lowest BCUT2D eigenvalue weighted by Crippen LogP contribution is -2.30. The van der Waals surface area contributed by atoms with Gasteiger partial charge in [-0.15, -0.1) is 11.3 Å². The van der Waals surface area contributed by atoms with Crippen molar-refractivity contribution in [2.24, 2.45) is 0 Å². The molecule has 0 aliphatic carbocycles. The minimum Gasteiger partial charge on any atom is -0.314 e. The van der Waals surface area contributed by atoms with Crippen molar-refractivity contribution in [2.75, 3.05) is 6.54 Å². The fourth-order valence-corrected chi connectivity index (χ4v) is 2.61. The molecule has 92 valence electrons. The number of aromatic nitrogens is 1. The van der Waals surface area contributed by atoms with Crippen LogP contribution in [0.4, 0.5) is 0 Å². The summed E-state index contributed by atoms with van der Waals surface area (Å²) in [6.45, 7) is 7.73. The molecule has 1 unspecified atom stereocenters. The van der Waals surface area contributed by atoms with Gasteiger partial charge in [-0.25, -0.2) is 4.98 Å². The van der Waals surface area contributed by atoms with Crippen LogP contribution in [0.2, 0.25) is 0 Å². The molecule has 0 bridgehead atoms. The zero-order valence-corrected chi connectivity index (χ0v) is 11.6. The summed E-state index contributed by atoms with van der Waals surface area (Å²) in [4.78, 5) is 4.58. The van der Waals surface area contributed by atoms with E-state index in [1.807, 2.05) is 0 Å². The molecule has 16 heavy (non-hydrogen) atoms. The predicted octanol–water partition coefficient (Wildman–Crippen LogP) is 3.42. The van der Waals surface area contributed by atoms with Gasteiger partial charge in [0, 0.05) is 24.4 Å². The quantitative estimate of drug-likeness (QED) is 0.753. The van der Waals surface area contributed by atoms with E-state index in [1.54, 1.807) is 11.3 Å². The Morgan fingerprint density at radius 1 is 1.38 bits per heavy atom. The van der Waals surface area contributed by atoms with Gasteiger partial charge >= 0.3 is 0 Å². The van der Waals surface area contributed by atoms with Crippen molar-refractivity contribution in [1.82, 2.24) is 10.3 Å². The van der Waals surface area contributed by atoms with Crippen LogP contribution in [0.5, 0.6) is 0 Å². The number of rotatable bonds is 8. The largest absolute Gasteiger partial charge is 0.314 e. The van der Waals surface area contributed by atoms with Crippen LogP contribution in [0.15, 0.2) is 5.38 Å². The van der Waals surface area contributed by atoms with Gasteiger partial charge < -0.3 is 5.32 Å². The first-order valence-corrected chi connectivity index (χ1v) is 7.34. The Hall–Kier alpha value is -0.410. The van der Waals surface area contributed by atoms with Crippen molar-refractivity contribution in [3.05, 3.63) is 16.1 Å². The maximum absolute atomic E-state index is 4.58. The first kappa shape index (κ1) is 13.7. The van der Waals surface area contributed by atoms with Gasteiger partial charge in [-0.2, -0.15) is 0 Å². The van der Waals surface area contributed by atoms with Crippen molar-refractivity contribution in [1.29, 1.82) is 0 Å². The molecule has 1 atom stereocenters. The number of nitrogens with zero attached hydrogens (tertiary/aromatic N) is 1. The highest BCUT2D eigenvalue weighted by molar-refractivity contribution is 7.09. The molecular formula is C13H24N2S. The van der Waals surface area contributed by atoms with Gasteiger partial charge in [-0.1, -0.05) is 27.2 Å². The van der Waals surface area contributed by atoms with Crippen LogP contribution in [-0.2, 0) is 12.8 Å². The highest BCUT2D eigenvalue weighted by atomic mass is 32.1. The summed E-state index contributed by atoms with van der Waals surface area (Å²) in [5, 5.41) is 7.07. The van der Waals surface area contributed by atoms with Crippen molar-refractivity contribution < 1.29 is 0 Å². The average molecular weight is 240 g/mol. The van der Waals surface area contributed by atoms with E-state index in [9.17, 15) is 0 Å². The lowest BCUT2D eigenvalue weighted by Gasteiger charge is -2.15. The zero-order chi connectivity index (χ0) is 11.8. The van der Waals surface area contributed by atoms with E-state index in [0.29, 0.717) is 6.04 Å². The first-order chi connectivity index (χ1) is 7.80. The molecule has 0 spiro atoms. The Morgan fingerprint density at radius 2 is 2.19 bits per heavy atom. The minimum atomic E-state index is 0.689. The molecule has 0 saturated heterocycles. The molecule has 0 aliphatic heterocycles. The van der Waals surface area contributed by atoms with Gasteiger partial charge in [0.15, 0.2) is 0 Å². The molecule has 3 heteroatoms. The topological polar surface area (TPSA) is 24.9 Å². The summed E-state index contributed by atoms with van der Waals surface area (Å²) >= 11 is 1.79. The molecular weight excluding hydrogens is 216 g/mol. The Bertz CT molecular complexity index is 283. The molecule has 0 amide bonds. The molecule has 1 heterocycles. The van der Waals surface area contributed by atoms with Gasteiger partial charge in [0.2, 0.25) is 0 Å². The van der Waals surface area contributed by atoms with Gasteiger partial charge in [0.1, 0.15) is 0 Å². The van der Waals surface area contributed by atoms with Crippen LogP contribution in [0.3, 0.4) is 0 Å². The Balaban J connectivity index is 2.23. The van der Waals surface area contributed by atoms with Crippen molar-refractivity contribution >= 4 is 11.3 Å². The van der Waals surface area contributed by atoms with Crippen LogP contribution in [0.25, 0.3) is 0 Å². The third-order valence-corrected chi connectivity index (χ3v) is 3.89. The fraction of sp³-hybridized carbons (Fsp3) is 0.769. The highest BCUT2D eigenvalue weighted by Gasteiger charge is 2.04. The van der Waals surface area contributed by atoms with E-state index >= 15 is 0 Å². The third-order valence-electron chi connectivity index (χ3n) is 2.85. The molecule has 1 aromatic heterocycles. The molecule has 0 aliphatic rings. The van der Waals surface area contributed by atoms with Crippen LogP contribution < -0.4 is 5.32 Å². The smallest absolute Gasteiger partial charge is 0.0925 e. The second-order valence-corrected chi connectivity index (χ2v) is 5.13. The number of nitrogens with one attached hydrogen (secondary N) is 1. The van der Waals surface area contributed by atoms with Gasteiger partial charge in [0.25, 0.3) is 0 Å². The summed E-state index contributed by atoms with van der Waals surface area (Å²) in [6.07, 6.45) is 5.91. The lowest BCUT2D eigenvalue weighted by atomic mass is 10.1. The summed E-state index contributed by atoms with van der Waals surface area (Å²) < 4.78 is 0. The van der Waals surface area contributed by atoms with E-state index in [0.717, 1.165) is 19.4 Å². The first-order valence-electron chi connectivity index (χ1n) is 6.46. The van der Waals surface area contributed by atoms with Gasteiger partial charge in [-0.05, 0) is 19.3 Å². The Kier molecular flexibility index (Phi) is 6.65. The van der Waals surface area contributed by atoms with E-state index in [1.165, 1.54) is 30.0 Å². The molecule has 0 radical (unpaired) electrons. The van der Waals surface area contributed by atoms with Crippen LogP contribution in [0, 0.1) is 0 Å². The molecule has 2 nitrogen and oxygen atoms in total. The minimum absolute atomic E-state index is 0.689. The zero-order valence-electron chi connectivity index (χ0n) is 10.8. The summed E-state index contributed by atoms with van der Waals surface area (Å²) in [7, 11) is 0. The summed E-state index contributed by atoms with van der Waals surface area (Å²) in [5.41, 5.74) is 1.25. The summed E-state index contributed by atoms with van der Waals surface area (Å²) in [5.74, 6) is 0. The SMILES string of the molecule is CCCC(CC)NCCc1csc(CC)n1. The third kappa shape index (κ3) is 4.62. The van der Waals surface area contributed by atoms with E-state index in [-0.39, 0.29) is 0 Å². The number of aryl methyl sites for hydroxylation is 1. The van der Waals surface area contributed by atoms with Crippen LogP contribution in [-0.4, -0.2) is 17.6 Å². The Morgan fingerprint density at radius 3 is 2.75 bits per heavy atom. The van der Waals surface area contributed by atoms with Crippen LogP contribution in [0.1, 0.15) is 50.7 Å². The second kappa shape index (κ2) is 7.80. The van der Waals surface area contributed by atoms with E-state index < -0.39 is 0 Å². The van der Waals surface area contributed by atoms with Crippen molar-refractivity contribution in [2.45, 2.75) is 58.9 Å². The normalized spacial score (nSPS) is 12.9. The van der Waals surface area contributed by atoms with E-state index in [2.05, 4.69) is 36.5 Å². The maximum atomic E-state index is 4.58. The Labute approximate surface area is 103 Å². The maximum Gasteiger partial charge on any atom is 0.0925 e. The standard InChI is InChI=1S/C13H24N2S/c1-4-7-11(5-2)14-9-8-12-10-16-13(6-3)15-12/h10-11,14H,4-9H2,1-3H3. The summed E-state index contributed by atoms with van der Waals surface area (Å²) in [6, 6.07) is 0.689. The fourth-order valence-electron chi connectivity index (χ4n) is 1.83. The lowest BCUT2D eigenvalue weighted by molar-refractivity contribution is 0.465. The predicted molar refractivity (Wildman–Crippen MR) is 72.2 cm³/mol. The molecule has 0 saturated carbocycles. The number of thiazole rings is 1. The highest BCUT2D eigenvalue weighted by Crippen LogP contribution is 2.10. The number of hydrogen-bond acceptors (Lipinski definition) is 3. The monoisotopic (exact) mass is 240 g/mol. The van der Waals surface area contributed by atoms with Gasteiger partial charge in [-0.3, -0.25) is 0 Å². The molecule has 1 N–H and O–H groups in total. The van der Waals surface area contributed by atoms with E-state index in [4.69, 9.17) is 0 Å². The second-order valence-electron chi connectivity index (χ2n) is 4.18. The average Bonchev–Trinajstić information content (AvgIpc) is 2.76. The molecule has 1 aromatic rings. The molecule has 0 fully saturated rings. The van der Waals surface area contributed by atoms with Gasteiger partial charge in [0.05, 0.1) is 10.7 Å².